The van der Waals surface area contributed by atoms with Crippen molar-refractivity contribution in [3.8, 4) is 0 Å². The van der Waals surface area contributed by atoms with Gasteiger partial charge in [0.15, 0.2) is 0 Å². The molecule has 8 heteroatoms. The normalized spacial score (nSPS) is 18.3. The van der Waals surface area contributed by atoms with Crippen LogP contribution in [-0.4, -0.2) is 19.5 Å². The Morgan fingerprint density at radius 2 is 1.90 bits per heavy atom. The summed E-state index contributed by atoms with van der Waals surface area (Å²) < 4.78 is 62.6. The smallest absolute Gasteiger partial charge is 0.417 e. The summed E-state index contributed by atoms with van der Waals surface area (Å²) in [6, 6.07) is 2.77. The maximum absolute atomic E-state index is 13.0. The van der Waals surface area contributed by atoms with E-state index in [-0.39, 0.29) is 5.57 Å². The van der Waals surface area contributed by atoms with Gasteiger partial charge in [0.2, 0.25) is 9.84 Å². The highest BCUT2D eigenvalue weighted by molar-refractivity contribution is 7.95. The second-order valence-corrected chi connectivity index (χ2v) is 6.12. The molecule has 0 bridgehead atoms. The molecule has 0 spiro atoms. The van der Waals surface area contributed by atoms with E-state index in [0.29, 0.717) is 5.41 Å². The summed E-state index contributed by atoms with van der Waals surface area (Å²) in [5.74, 6) is -2.74. The van der Waals surface area contributed by atoms with Crippen LogP contribution in [0.25, 0.3) is 5.57 Å². The van der Waals surface area contributed by atoms with Crippen molar-refractivity contribution < 1.29 is 31.5 Å². The standard InChI is InChI=1S/C12H9F3O4S/c1-6(11(16)17)7-5-20(18,19)9-4-2-3-8(10(7)9)12(13,14)15/h2-6H,1H3,(H,16,17). The van der Waals surface area contributed by atoms with Crippen molar-refractivity contribution >= 4 is 21.4 Å². The predicted octanol–water partition coefficient (Wildman–Crippen LogP) is 2.55. The molecule has 0 aromatic heterocycles. The lowest BCUT2D eigenvalue weighted by Gasteiger charge is -2.15. The monoisotopic (exact) mass is 306 g/mol. The van der Waals surface area contributed by atoms with Crippen molar-refractivity contribution in [2.45, 2.75) is 18.0 Å². The van der Waals surface area contributed by atoms with E-state index in [1.54, 1.807) is 0 Å². The van der Waals surface area contributed by atoms with Gasteiger partial charge < -0.3 is 5.11 Å². The molecule has 1 unspecified atom stereocenters. The maximum Gasteiger partial charge on any atom is 0.417 e. The number of sulfone groups is 1. The number of rotatable bonds is 2. The third-order valence-corrected chi connectivity index (χ3v) is 4.56. The molecule has 108 valence electrons. The van der Waals surface area contributed by atoms with Crippen LogP contribution >= 0.6 is 0 Å². The second-order valence-electron chi connectivity index (χ2n) is 4.35. The highest BCUT2D eigenvalue weighted by Crippen LogP contribution is 2.44. The van der Waals surface area contributed by atoms with E-state index in [2.05, 4.69) is 0 Å². The van der Waals surface area contributed by atoms with Crippen LogP contribution in [0.4, 0.5) is 13.2 Å². The van der Waals surface area contributed by atoms with E-state index in [9.17, 15) is 26.4 Å². The minimum atomic E-state index is -4.76. The molecule has 0 radical (unpaired) electrons. The average Bonchev–Trinajstić information content (AvgIpc) is 2.59. The summed E-state index contributed by atoms with van der Waals surface area (Å²) in [7, 11) is -4.04. The molecule has 20 heavy (non-hydrogen) atoms. The molecule has 1 aliphatic rings. The van der Waals surface area contributed by atoms with Crippen LogP contribution < -0.4 is 0 Å². The number of halogens is 3. The molecule has 0 saturated carbocycles. The molecule has 2 rings (SSSR count). The zero-order chi connectivity index (χ0) is 15.3. The minimum Gasteiger partial charge on any atom is -0.481 e. The van der Waals surface area contributed by atoms with E-state index in [4.69, 9.17) is 5.11 Å². The van der Waals surface area contributed by atoms with E-state index < -0.39 is 43.9 Å². The lowest BCUT2D eigenvalue weighted by Crippen LogP contribution is -2.15. The summed E-state index contributed by atoms with van der Waals surface area (Å²) in [5.41, 5.74) is -2.05. The highest BCUT2D eigenvalue weighted by atomic mass is 32.2. The van der Waals surface area contributed by atoms with Gasteiger partial charge in [0.25, 0.3) is 0 Å². The molecule has 4 nitrogen and oxygen atoms in total. The van der Waals surface area contributed by atoms with Gasteiger partial charge in [-0.15, -0.1) is 0 Å². The van der Waals surface area contributed by atoms with Crippen LogP contribution in [0.3, 0.4) is 0 Å². The van der Waals surface area contributed by atoms with Crippen LogP contribution in [-0.2, 0) is 20.8 Å². The molecule has 1 heterocycles. The number of aliphatic carboxylic acids is 1. The van der Waals surface area contributed by atoms with Gasteiger partial charge >= 0.3 is 12.1 Å². The zero-order valence-corrected chi connectivity index (χ0v) is 10.9. The minimum absolute atomic E-state index is 0.347. The summed E-state index contributed by atoms with van der Waals surface area (Å²) >= 11 is 0. The Balaban J connectivity index is 2.80. The van der Waals surface area contributed by atoms with Gasteiger partial charge in [-0.2, -0.15) is 13.2 Å². The zero-order valence-electron chi connectivity index (χ0n) is 10.1. The molecule has 0 fully saturated rings. The maximum atomic E-state index is 13.0. The lowest BCUT2D eigenvalue weighted by molar-refractivity contribution is -0.140. The summed E-state index contributed by atoms with van der Waals surface area (Å²) in [6.07, 6.45) is -4.76. The molecule has 1 aromatic rings. The Labute approximate surface area is 112 Å². The van der Waals surface area contributed by atoms with Crippen molar-refractivity contribution in [1.29, 1.82) is 0 Å². The van der Waals surface area contributed by atoms with Crippen LogP contribution in [0.1, 0.15) is 18.1 Å². The fraction of sp³-hybridized carbons (Fsp3) is 0.250. The van der Waals surface area contributed by atoms with Gasteiger partial charge in [-0.1, -0.05) is 6.07 Å². The SMILES string of the molecule is CC(C(=O)O)C1=CS(=O)(=O)c2cccc(C(F)(F)F)c21. The van der Waals surface area contributed by atoms with Gasteiger partial charge in [0.05, 0.1) is 16.4 Å². The van der Waals surface area contributed by atoms with E-state index >= 15 is 0 Å². The quantitative estimate of drug-likeness (QED) is 0.911. The lowest BCUT2D eigenvalue weighted by atomic mass is 9.92. The summed E-state index contributed by atoms with van der Waals surface area (Å²) in [6.45, 7) is 1.14. The van der Waals surface area contributed by atoms with Gasteiger partial charge in [-0.3, -0.25) is 4.79 Å². The van der Waals surface area contributed by atoms with Crippen LogP contribution in [0, 0.1) is 5.92 Å². The van der Waals surface area contributed by atoms with E-state index in [1.807, 2.05) is 0 Å². The Hall–Kier alpha value is -1.83. The number of carboxylic acid groups (broad SMARTS) is 1. The molecular weight excluding hydrogens is 297 g/mol. The number of carbonyl (C=O) groups is 1. The van der Waals surface area contributed by atoms with Gasteiger partial charge in [-0.25, -0.2) is 8.42 Å². The van der Waals surface area contributed by atoms with E-state index in [0.717, 1.165) is 25.1 Å². The number of alkyl halides is 3. The number of hydrogen-bond acceptors (Lipinski definition) is 3. The Kier molecular flexibility index (Phi) is 3.16. The number of hydrogen-bond donors (Lipinski definition) is 1. The third-order valence-electron chi connectivity index (χ3n) is 3.05. The van der Waals surface area contributed by atoms with Crippen LogP contribution in [0.2, 0.25) is 0 Å². The summed E-state index contributed by atoms with van der Waals surface area (Å²) in [4.78, 5) is 10.4. The number of fused-ring (bicyclic) bond motifs is 1. The Morgan fingerprint density at radius 1 is 1.30 bits per heavy atom. The number of carboxylic acids is 1. The largest absolute Gasteiger partial charge is 0.481 e. The summed E-state index contributed by atoms with van der Waals surface area (Å²) in [5, 5.41) is 9.52. The predicted molar refractivity (Wildman–Crippen MR) is 63.4 cm³/mol. The first-order valence-corrected chi connectivity index (χ1v) is 7.00. The molecular formula is C12H9F3O4S. The Bertz CT molecular complexity index is 717. The van der Waals surface area contributed by atoms with Crippen molar-refractivity contribution in [2.75, 3.05) is 0 Å². The van der Waals surface area contributed by atoms with Crippen molar-refractivity contribution in [1.82, 2.24) is 0 Å². The van der Waals surface area contributed by atoms with E-state index in [1.165, 1.54) is 0 Å². The Morgan fingerprint density at radius 3 is 2.40 bits per heavy atom. The topological polar surface area (TPSA) is 71.4 Å². The van der Waals surface area contributed by atoms with Gasteiger partial charge in [0, 0.05) is 11.0 Å². The fourth-order valence-corrected chi connectivity index (χ4v) is 3.61. The molecule has 1 atom stereocenters. The van der Waals surface area contributed by atoms with Gasteiger partial charge in [0.1, 0.15) is 0 Å². The highest BCUT2D eigenvalue weighted by Gasteiger charge is 2.41. The first kappa shape index (κ1) is 14.6. The van der Waals surface area contributed by atoms with Crippen molar-refractivity contribution in [2.24, 2.45) is 5.92 Å². The fourth-order valence-electron chi connectivity index (χ4n) is 2.04. The first-order valence-electron chi connectivity index (χ1n) is 5.46. The third kappa shape index (κ3) is 2.20. The molecule has 1 N–H and O–H groups in total. The molecule has 1 aliphatic heterocycles. The first-order chi connectivity index (χ1) is 9.05. The molecule has 1 aromatic carbocycles. The second kappa shape index (κ2) is 4.34. The van der Waals surface area contributed by atoms with Crippen molar-refractivity contribution in [3.63, 3.8) is 0 Å². The molecule has 0 saturated heterocycles. The molecule has 0 amide bonds. The number of benzene rings is 1. The van der Waals surface area contributed by atoms with Crippen LogP contribution in [0.15, 0.2) is 28.5 Å². The van der Waals surface area contributed by atoms with Crippen molar-refractivity contribution in [3.05, 3.63) is 34.7 Å². The van der Waals surface area contributed by atoms with Gasteiger partial charge in [-0.05, 0) is 24.6 Å². The van der Waals surface area contributed by atoms with Crippen LogP contribution in [0.5, 0.6) is 0 Å². The average molecular weight is 306 g/mol. The molecule has 0 aliphatic carbocycles.